The molecule has 0 spiro atoms. The van der Waals surface area contributed by atoms with Gasteiger partial charge in [-0.25, -0.2) is 18.6 Å². The van der Waals surface area contributed by atoms with Crippen LogP contribution < -0.4 is 21.7 Å². The largest absolute Gasteiger partial charge is 0.483 e. The van der Waals surface area contributed by atoms with Gasteiger partial charge >= 0.3 is 12.2 Å². The predicted octanol–water partition coefficient (Wildman–Crippen LogP) is 4.27. The number of aromatic nitrogens is 4. The molecule has 276 valence electrons. The van der Waals surface area contributed by atoms with Crippen molar-refractivity contribution in [1.82, 2.24) is 34.9 Å². The normalized spacial score (nSPS) is 21.7. The average Bonchev–Trinajstić information content (AvgIpc) is 3.31. The molecule has 0 radical (unpaired) electrons. The number of nitrogens with two attached hydrogens (primary N) is 1. The van der Waals surface area contributed by atoms with Crippen LogP contribution in [0.1, 0.15) is 71.7 Å². The quantitative estimate of drug-likeness (QED) is 0.175. The van der Waals surface area contributed by atoms with Crippen LogP contribution >= 0.6 is 11.6 Å². The van der Waals surface area contributed by atoms with Crippen LogP contribution in [0, 0.1) is 0 Å². The Kier molecular flexibility index (Phi) is 10.4. The first kappa shape index (κ1) is 37.5. The van der Waals surface area contributed by atoms with Crippen molar-refractivity contribution in [3.8, 4) is 11.3 Å². The van der Waals surface area contributed by atoms with E-state index in [2.05, 4.69) is 26.0 Å². The Morgan fingerprint density at radius 3 is 2.31 bits per heavy atom. The van der Waals surface area contributed by atoms with Crippen molar-refractivity contribution >= 4 is 41.6 Å². The van der Waals surface area contributed by atoms with Crippen LogP contribution in [0.5, 0.6) is 0 Å². The Morgan fingerprint density at radius 2 is 1.76 bits per heavy atom. The van der Waals surface area contributed by atoms with Gasteiger partial charge in [-0.15, -0.1) is 0 Å². The summed E-state index contributed by atoms with van der Waals surface area (Å²) in [6.45, 7) is 2.54. The predicted molar refractivity (Wildman–Crippen MR) is 172 cm³/mol. The van der Waals surface area contributed by atoms with Gasteiger partial charge in [-0.05, 0) is 50.8 Å². The Hall–Kier alpha value is -4.78. The highest BCUT2D eigenvalue weighted by Crippen LogP contribution is 2.53. The lowest BCUT2D eigenvalue weighted by Gasteiger charge is -2.41. The summed E-state index contributed by atoms with van der Waals surface area (Å²) in [5.41, 5.74) is 3.49. The molecule has 51 heavy (non-hydrogen) atoms. The van der Waals surface area contributed by atoms with Crippen LogP contribution in [0.15, 0.2) is 30.6 Å². The minimum atomic E-state index is -4.95. The lowest BCUT2D eigenvalue weighted by Crippen LogP contribution is -2.58. The monoisotopic (exact) mass is 743 g/mol. The van der Waals surface area contributed by atoms with E-state index in [1.54, 1.807) is 4.90 Å². The molecule has 0 bridgehead atoms. The summed E-state index contributed by atoms with van der Waals surface area (Å²) in [4.78, 5) is 52.8. The van der Waals surface area contributed by atoms with E-state index in [0.29, 0.717) is 30.6 Å². The number of likely N-dealkylation sites (tertiary alicyclic amines) is 1. The molecule has 2 aromatic heterocycles. The highest BCUT2D eigenvalue weighted by Gasteiger charge is 2.59. The van der Waals surface area contributed by atoms with Crippen molar-refractivity contribution in [3.63, 3.8) is 0 Å². The first-order valence-corrected chi connectivity index (χ1v) is 16.1. The number of halogens is 6. The van der Waals surface area contributed by atoms with Gasteiger partial charge in [0.05, 0.1) is 28.0 Å². The van der Waals surface area contributed by atoms with Crippen molar-refractivity contribution in [2.24, 2.45) is 12.8 Å². The van der Waals surface area contributed by atoms with E-state index in [4.69, 9.17) is 27.2 Å². The summed E-state index contributed by atoms with van der Waals surface area (Å²) >= 11 is 6.42. The topological polar surface area (TPSA) is 190 Å². The van der Waals surface area contributed by atoms with Gasteiger partial charge in [0.15, 0.2) is 11.5 Å². The maximum Gasteiger partial charge on any atom is 0.435 e. The second-order valence-electron chi connectivity index (χ2n) is 13.0. The maximum atomic E-state index is 13.8. The molecule has 20 heteroatoms. The van der Waals surface area contributed by atoms with Crippen molar-refractivity contribution in [3.05, 3.63) is 52.7 Å². The number of imidazole rings is 1. The van der Waals surface area contributed by atoms with Gasteiger partial charge in [0.25, 0.3) is 24.2 Å². The number of carbonyl (C=O) groups is 4. The highest BCUT2D eigenvalue weighted by molar-refractivity contribution is 6.34. The smallest absolute Gasteiger partial charge is 0.435 e. The number of anilines is 1. The van der Waals surface area contributed by atoms with E-state index in [1.165, 1.54) is 25.2 Å². The first-order chi connectivity index (χ1) is 23.9. The zero-order chi connectivity index (χ0) is 37.5. The Balaban J connectivity index is 0.00000162. The Labute approximate surface area is 292 Å². The molecular formula is C31H35ClF5N9O5. The van der Waals surface area contributed by atoms with Crippen LogP contribution in [0.4, 0.5) is 32.4 Å². The van der Waals surface area contributed by atoms with Crippen LogP contribution in [0.2, 0.25) is 5.02 Å². The maximum absolute atomic E-state index is 13.8. The third-order valence-corrected chi connectivity index (χ3v) is 9.44. The Morgan fingerprint density at radius 1 is 1.14 bits per heavy atom. The molecule has 4 amide bonds. The second kappa shape index (κ2) is 14.1. The third-order valence-electron chi connectivity index (χ3n) is 9.12. The summed E-state index contributed by atoms with van der Waals surface area (Å²) in [6, 6.07) is 2.79. The van der Waals surface area contributed by atoms with Crippen molar-refractivity contribution in [2.45, 2.75) is 74.8 Å². The molecule has 2 aliphatic carbocycles. The average molecular weight is 744 g/mol. The van der Waals surface area contributed by atoms with E-state index in [9.17, 15) is 36.3 Å². The van der Waals surface area contributed by atoms with Crippen molar-refractivity contribution in [1.29, 1.82) is 0 Å². The van der Waals surface area contributed by atoms with E-state index in [0.717, 1.165) is 29.8 Å². The molecule has 6 rings (SSSR count). The fourth-order valence-corrected chi connectivity index (χ4v) is 6.25. The molecule has 3 fully saturated rings. The zero-order valence-electron chi connectivity index (χ0n) is 27.3. The zero-order valence-corrected chi connectivity index (χ0v) is 28.1. The number of urea groups is 1. The number of nitrogens with zero attached hydrogens (tertiary/aromatic N) is 5. The summed E-state index contributed by atoms with van der Waals surface area (Å²) in [6.07, 6.45) is -1.11. The lowest BCUT2D eigenvalue weighted by molar-refractivity contribution is -0.141. The lowest BCUT2D eigenvalue weighted by atomic mass is 9.87. The molecule has 1 saturated heterocycles. The van der Waals surface area contributed by atoms with Gasteiger partial charge in [0.2, 0.25) is 0 Å². The molecule has 2 saturated carbocycles. The van der Waals surface area contributed by atoms with E-state index in [1.807, 2.05) is 6.92 Å². The SMILES string of the molecule is Cn1c(-c2cn([C@@H]3CC3(F)F)nc2C(F)(F)F)cnc1C(=O)Nc1ccc(C(=O)NC2(C)CCN(C(=O)NC3CC(N)C3)CC2)c(Cl)c1.O=CO. The molecule has 3 aliphatic rings. The molecule has 3 heterocycles. The fraction of sp³-hybridized carbons (Fsp3) is 0.484. The molecule has 0 unspecified atom stereocenters. The van der Waals surface area contributed by atoms with Gasteiger partial charge in [0.1, 0.15) is 6.04 Å². The molecule has 14 nitrogen and oxygen atoms in total. The van der Waals surface area contributed by atoms with Gasteiger partial charge < -0.3 is 36.3 Å². The van der Waals surface area contributed by atoms with Crippen LogP contribution in [-0.4, -0.2) is 90.3 Å². The second-order valence-corrected chi connectivity index (χ2v) is 13.4. The number of benzene rings is 1. The summed E-state index contributed by atoms with van der Waals surface area (Å²) < 4.78 is 70.1. The first-order valence-electron chi connectivity index (χ1n) is 15.7. The fourth-order valence-electron chi connectivity index (χ4n) is 5.98. The number of nitrogens with one attached hydrogen (secondary N) is 3. The Bertz CT molecular complexity index is 1820. The number of carbonyl (C=O) groups excluding carboxylic acids is 3. The minimum absolute atomic E-state index is 0.0315. The van der Waals surface area contributed by atoms with Gasteiger partial charge in [-0.1, -0.05) is 11.6 Å². The third kappa shape index (κ3) is 8.24. The van der Waals surface area contributed by atoms with Gasteiger partial charge in [-0.2, -0.15) is 18.3 Å². The number of rotatable bonds is 7. The molecule has 3 aromatic rings. The minimum Gasteiger partial charge on any atom is -0.483 e. The van der Waals surface area contributed by atoms with E-state index < -0.39 is 53.2 Å². The number of carboxylic acid groups (broad SMARTS) is 1. The molecule has 1 atom stereocenters. The molecule has 1 aromatic carbocycles. The van der Waals surface area contributed by atoms with Gasteiger partial charge in [-0.3, -0.25) is 19.1 Å². The van der Waals surface area contributed by atoms with E-state index >= 15 is 0 Å². The van der Waals surface area contributed by atoms with E-state index in [-0.39, 0.29) is 52.4 Å². The number of hydrogen-bond donors (Lipinski definition) is 5. The van der Waals surface area contributed by atoms with Crippen LogP contribution in [-0.2, 0) is 18.0 Å². The number of hydrogen-bond acceptors (Lipinski definition) is 7. The number of alkyl halides is 5. The highest BCUT2D eigenvalue weighted by atomic mass is 35.5. The summed E-state index contributed by atoms with van der Waals surface area (Å²) in [5, 5.41) is 18.8. The van der Waals surface area contributed by atoms with Crippen LogP contribution in [0.3, 0.4) is 0 Å². The molecular weight excluding hydrogens is 709 g/mol. The number of amides is 4. The standard InChI is InChI=1S/C30H33ClF5N9O3.CH2O2/c1-28(5-7-44(8-6-28)27(48)40-17-9-15(37)10-17)41-25(46)18-4-3-16(11-20(18)31)39-26(47)24-38-13-21(43(24)2)19-14-45(22-12-29(22,32)33)42-23(19)30(34,35)36;2-1-3/h3-4,11,13-15,17,22H,5-10,12,37H2,1-2H3,(H,39,47)(H,40,48)(H,41,46);1H,(H,2,3)/t15?,17?,22-;/m1./s1. The molecule has 1 aliphatic heterocycles. The molecule has 6 N–H and O–H groups in total. The number of piperidine rings is 1. The van der Waals surface area contributed by atoms with Crippen LogP contribution in [0.25, 0.3) is 11.3 Å². The van der Waals surface area contributed by atoms with Gasteiger partial charge in [0, 0.05) is 56.1 Å². The summed E-state index contributed by atoms with van der Waals surface area (Å²) in [5.74, 6) is -4.67. The van der Waals surface area contributed by atoms with Crippen molar-refractivity contribution in [2.75, 3.05) is 18.4 Å². The summed E-state index contributed by atoms with van der Waals surface area (Å²) in [7, 11) is 1.31. The van der Waals surface area contributed by atoms with Crippen molar-refractivity contribution < 1.29 is 46.2 Å².